The number of hydrogen-bond acceptors (Lipinski definition) is 6. The highest BCUT2D eigenvalue weighted by molar-refractivity contribution is 7.99. The lowest BCUT2D eigenvalue weighted by Gasteiger charge is -2.25. The van der Waals surface area contributed by atoms with Crippen LogP contribution in [0.2, 0.25) is 0 Å². The van der Waals surface area contributed by atoms with Crippen LogP contribution in [0.1, 0.15) is 26.2 Å². The van der Waals surface area contributed by atoms with E-state index in [1.54, 1.807) is 18.0 Å². The first kappa shape index (κ1) is 19.9. The van der Waals surface area contributed by atoms with Crippen molar-refractivity contribution in [2.75, 3.05) is 32.0 Å². The Kier molecular flexibility index (Phi) is 6.79. The number of aromatic nitrogens is 4. The molecule has 1 aliphatic rings. The summed E-state index contributed by atoms with van der Waals surface area (Å²) < 4.78 is 7.71. The van der Waals surface area contributed by atoms with E-state index in [1.807, 2.05) is 37.4 Å². The summed E-state index contributed by atoms with van der Waals surface area (Å²) in [5, 5.41) is 9.91. The minimum Gasteiger partial charge on any atom is -0.494 e. The van der Waals surface area contributed by atoms with E-state index in [1.165, 1.54) is 32.4 Å². The van der Waals surface area contributed by atoms with Gasteiger partial charge in [0.05, 0.1) is 6.61 Å². The van der Waals surface area contributed by atoms with E-state index in [-0.39, 0.29) is 0 Å². The van der Waals surface area contributed by atoms with Gasteiger partial charge in [-0.3, -0.25) is 9.55 Å². The third-order valence-corrected chi connectivity index (χ3v) is 5.96. The molecule has 29 heavy (non-hydrogen) atoms. The van der Waals surface area contributed by atoms with Gasteiger partial charge in [-0.2, -0.15) is 0 Å². The summed E-state index contributed by atoms with van der Waals surface area (Å²) in [5.74, 6) is 2.68. The molecular weight excluding hydrogens is 382 g/mol. The zero-order chi connectivity index (χ0) is 19.9. The van der Waals surface area contributed by atoms with Gasteiger partial charge in [-0.15, -0.1) is 10.2 Å². The van der Waals surface area contributed by atoms with Gasteiger partial charge < -0.3 is 9.64 Å². The third kappa shape index (κ3) is 4.97. The Morgan fingerprint density at radius 3 is 2.59 bits per heavy atom. The molecule has 0 radical (unpaired) electrons. The number of ether oxygens (including phenoxy) is 1. The molecule has 0 unspecified atom stereocenters. The molecule has 1 fully saturated rings. The second kappa shape index (κ2) is 9.89. The van der Waals surface area contributed by atoms with Crippen molar-refractivity contribution in [2.45, 2.75) is 31.3 Å². The highest BCUT2D eigenvalue weighted by Gasteiger charge is 2.17. The maximum Gasteiger partial charge on any atom is 0.196 e. The van der Waals surface area contributed by atoms with Gasteiger partial charge in [0.15, 0.2) is 11.0 Å². The molecule has 6 nitrogen and oxygen atoms in total. The number of nitrogens with zero attached hydrogens (tertiary/aromatic N) is 5. The fourth-order valence-corrected chi connectivity index (χ4v) is 4.54. The van der Waals surface area contributed by atoms with E-state index in [0.717, 1.165) is 40.3 Å². The van der Waals surface area contributed by atoms with Gasteiger partial charge in [0, 0.05) is 35.9 Å². The van der Waals surface area contributed by atoms with E-state index in [2.05, 4.69) is 36.8 Å². The summed E-state index contributed by atoms with van der Waals surface area (Å²) in [6.07, 6.45) is 7.60. The second-order valence-electron chi connectivity index (χ2n) is 7.06. The van der Waals surface area contributed by atoms with Gasteiger partial charge in [0.1, 0.15) is 5.75 Å². The molecule has 3 heterocycles. The van der Waals surface area contributed by atoms with Crippen LogP contribution < -0.4 is 4.74 Å². The van der Waals surface area contributed by atoms with Gasteiger partial charge in [-0.25, -0.2) is 0 Å². The maximum absolute atomic E-state index is 5.59. The Hall–Kier alpha value is -2.38. The lowest BCUT2D eigenvalue weighted by molar-refractivity contribution is 0.242. The predicted octanol–water partition coefficient (Wildman–Crippen LogP) is 4.31. The van der Waals surface area contributed by atoms with Crippen LogP contribution >= 0.6 is 11.8 Å². The Bertz CT molecular complexity index is 891. The Morgan fingerprint density at radius 1 is 1.03 bits per heavy atom. The normalized spacial score (nSPS) is 14.8. The van der Waals surface area contributed by atoms with E-state index in [4.69, 9.17) is 4.74 Å². The van der Waals surface area contributed by atoms with Gasteiger partial charge in [0.25, 0.3) is 0 Å². The quantitative estimate of drug-likeness (QED) is 0.517. The van der Waals surface area contributed by atoms with Gasteiger partial charge >= 0.3 is 0 Å². The van der Waals surface area contributed by atoms with Crippen LogP contribution in [0.3, 0.4) is 0 Å². The second-order valence-corrected chi connectivity index (χ2v) is 8.12. The smallest absolute Gasteiger partial charge is 0.196 e. The van der Waals surface area contributed by atoms with Crippen LogP contribution in [-0.2, 0) is 0 Å². The number of pyridine rings is 1. The van der Waals surface area contributed by atoms with Crippen molar-refractivity contribution in [1.82, 2.24) is 24.6 Å². The topological polar surface area (TPSA) is 56.1 Å². The molecule has 7 heteroatoms. The number of piperidine rings is 1. The molecule has 0 aliphatic carbocycles. The molecule has 2 aromatic heterocycles. The number of thioether (sulfide) groups is 1. The van der Waals surface area contributed by atoms with Crippen molar-refractivity contribution < 1.29 is 4.74 Å². The fraction of sp³-hybridized carbons (Fsp3) is 0.409. The van der Waals surface area contributed by atoms with Crippen LogP contribution in [-0.4, -0.2) is 56.6 Å². The molecule has 0 N–H and O–H groups in total. The van der Waals surface area contributed by atoms with Crippen LogP contribution in [0.4, 0.5) is 0 Å². The Morgan fingerprint density at radius 2 is 1.86 bits per heavy atom. The standard InChI is InChI=1S/C22H27N5OS/c1-2-28-20-10-8-19(9-11-20)27-21(18-7-6-12-23-17-18)24-25-22(27)29-16-15-26-13-4-3-5-14-26/h6-12,17H,2-5,13-16H2,1H3. The van der Waals surface area contributed by atoms with Crippen LogP contribution in [0.5, 0.6) is 5.75 Å². The van der Waals surface area contributed by atoms with Crippen LogP contribution in [0, 0.1) is 0 Å². The van der Waals surface area contributed by atoms with E-state index < -0.39 is 0 Å². The molecule has 152 valence electrons. The average molecular weight is 410 g/mol. The van der Waals surface area contributed by atoms with E-state index in [9.17, 15) is 0 Å². The van der Waals surface area contributed by atoms with Crippen LogP contribution in [0.15, 0.2) is 53.9 Å². The van der Waals surface area contributed by atoms with E-state index >= 15 is 0 Å². The van der Waals surface area contributed by atoms with Gasteiger partial charge in [0.2, 0.25) is 0 Å². The molecule has 0 spiro atoms. The van der Waals surface area contributed by atoms with Crippen molar-refractivity contribution in [3.8, 4) is 22.8 Å². The molecule has 4 rings (SSSR count). The average Bonchev–Trinajstić information content (AvgIpc) is 3.20. The highest BCUT2D eigenvalue weighted by Crippen LogP contribution is 2.28. The molecule has 1 saturated heterocycles. The molecular formula is C22H27N5OS. The Labute approximate surface area is 176 Å². The highest BCUT2D eigenvalue weighted by atomic mass is 32.2. The Balaban J connectivity index is 1.58. The monoisotopic (exact) mass is 409 g/mol. The summed E-state index contributed by atoms with van der Waals surface area (Å²) in [4.78, 5) is 6.80. The zero-order valence-electron chi connectivity index (χ0n) is 16.8. The fourth-order valence-electron chi connectivity index (χ4n) is 3.59. The SMILES string of the molecule is CCOc1ccc(-n2c(SCCN3CCCCC3)nnc2-c2cccnc2)cc1. The summed E-state index contributed by atoms with van der Waals surface area (Å²) >= 11 is 1.76. The first-order valence-corrected chi connectivity index (χ1v) is 11.3. The largest absolute Gasteiger partial charge is 0.494 e. The molecule has 0 amide bonds. The first-order valence-electron chi connectivity index (χ1n) is 10.3. The third-order valence-electron chi connectivity index (χ3n) is 5.05. The van der Waals surface area contributed by atoms with Crippen molar-refractivity contribution in [3.63, 3.8) is 0 Å². The molecule has 3 aromatic rings. The molecule has 1 aliphatic heterocycles. The minimum absolute atomic E-state index is 0.657. The number of likely N-dealkylation sites (tertiary alicyclic amines) is 1. The molecule has 1 aromatic carbocycles. The first-order chi connectivity index (χ1) is 14.3. The molecule has 0 saturated carbocycles. The van der Waals surface area contributed by atoms with Gasteiger partial charge in [-0.05, 0) is 69.3 Å². The maximum atomic E-state index is 5.59. The number of benzene rings is 1. The lowest BCUT2D eigenvalue weighted by Crippen LogP contribution is -2.31. The minimum atomic E-state index is 0.657. The summed E-state index contributed by atoms with van der Waals surface area (Å²) in [6, 6.07) is 12.0. The van der Waals surface area contributed by atoms with Crippen molar-refractivity contribution in [2.24, 2.45) is 0 Å². The zero-order valence-corrected chi connectivity index (χ0v) is 17.6. The van der Waals surface area contributed by atoms with Crippen molar-refractivity contribution in [1.29, 1.82) is 0 Å². The molecule has 0 bridgehead atoms. The van der Waals surface area contributed by atoms with Gasteiger partial charge in [-0.1, -0.05) is 18.2 Å². The predicted molar refractivity (Wildman–Crippen MR) is 117 cm³/mol. The van der Waals surface area contributed by atoms with Crippen molar-refractivity contribution in [3.05, 3.63) is 48.8 Å². The summed E-state index contributed by atoms with van der Waals surface area (Å²) in [7, 11) is 0. The summed E-state index contributed by atoms with van der Waals surface area (Å²) in [6.45, 7) is 6.17. The molecule has 0 atom stereocenters. The number of rotatable bonds is 8. The van der Waals surface area contributed by atoms with E-state index in [0.29, 0.717) is 6.61 Å². The lowest BCUT2D eigenvalue weighted by atomic mass is 10.1. The number of hydrogen-bond donors (Lipinski definition) is 0. The summed E-state index contributed by atoms with van der Waals surface area (Å²) in [5.41, 5.74) is 1.98. The van der Waals surface area contributed by atoms with Crippen LogP contribution in [0.25, 0.3) is 17.1 Å². The van der Waals surface area contributed by atoms with Crippen molar-refractivity contribution >= 4 is 11.8 Å².